The van der Waals surface area contributed by atoms with E-state index in [9.17, 15) is 0 Å². The molecule has 0 N–H and O–H groups in total. The van der Waals surface area contributed by atoms with Crippen molar-refractivity contribution in [2.75, 3.05) is 25.5 Å². The van der Waals surface area contributed by atoms with Crippen LogP contribution in [0.1, 0.15) is 26.7 Å². The fourth-order valence-corrected chi connectivity index (χ4v) is 1.63. The van der Waals surface area contributed by atoms with Crippen molar-refractivity contribution >= 4 is 15.9 Å². The number of alkyl halides is 1. The van der Waals surface area contributed by atoms with Crippen LogP contribution in [0.15, 0.2) is 0 Å². The van der Waals surface area contributed by atoms with Crippen LogP contribution in [-0.2, 0) is 0 Å². The van der Waals surface area contributed by atoms with Crippen molar-refractivity contribution in [3.63, 3.8) is 0 Å². The van der Waals surface area contributed by atoms with Crippen LogP contribution >= 0.6 is 15.9 Å². The summed E-state index contributed by atoms with van der Waals surface area (Å²) < 4.78 is 0. The summed E-state index contributed by atoms with van der Waals surface area (Å²) in [5.74, 6) is 0.854. The third kappa shape index (κ3) is 8.35. The van der Waals surface area contributed by atoms with Crippen LogP contribution in [-0.4, -0.2) is 30.4 Å². The Hall–Kier alpha value is 0.440. The lowest BCUT2D eigenvalue weighted by molar-refractivity contribution is 0.336. The molecule has 11 heavy (non-hydrogen) atoms. The molecule has 2 heteroatoms. The first-order chi connectivity index (χ1) is 5.16. The van der Waals surface area contributed by atoms with Crippen molar-refractivity contribution < 1.29 is 0 Å². The lowest BCUT2D eigenvalue weighted by atomic mass is 10.1. The monoisotopic (exact) mass is 221 g/mol. The molecule has 0 heterocycles. The molecule has 0 aliphatic heterocycles. The number of hydrogen-bond donors (Lipinski definition) is 0. The van der Waals surface area contributed by atoms with Gasteiger partial charge >= 0.3 is 0 Å². The summed E-state index contributed by atoms with van der Waals surface area (Å²) in [5.41, 5.74) is 0. The standard InChI is InChI=1S/C9H20BrN/c1-9(2)5-4-7-11(3)8-6-10/h9H,4-8H2,1-3H3. The van der Waals surface area contributed by atoms with E-state index in [1.165, 1.54) is 19.4 Å². The van der Waals surface area contributed by atoms with Crippen LogP contribution in [0.25, 0.3) is 0 Å². The predicted molar refractivity (Wildman–Crippen MR) is 55.4 cm³/mol. The average Bonchev–Trinajstić information content (AvgIpc) is 1.87. The number of hydrogen-bond acceptors (Lipinski definition) is 1. The second-order valence-corrected chi connectivity index (χ2v) is 4.32. The first-order valence-electron chi connectivity index (χ1n) is 4.41. The third-order valence-electron chi connectivity index (χ3n) is 1.79. The van der Waals surface area contributed by atoms with Crippen molar-refractivity contribution in [1.82, 2.24) is 4.90 Å². The molecule has 0 atom stereocenters. The van der Waals surface area contributed by atoms with Gasteiger partial charge in [-0.3, -0.25) is 0 Å². The first kappa shape index (κ1) is 11.4. The van der Waals surface area contributed by atoms with E-state index in [2.05, 4.69) is 41.7 Å². The van der Waals surface area contributed by atoms with Gasteiger partial charge in [0.1, 0.15) is 0 Å². The molecule has 0 aromatic carbocycles. The third-order valence-corrected chi connectivity index (χ3v) is 2.14. The Morgan fingerprint density at radius 2 is 1.91 bits per heavy atom. The molecule has 0 saturated carbocycles. The van der Waals surface area contributed by atoms with Gasteiger partial charge < -0.3 is 4.90 Å². The summed E-state index contributed by atoms with van der Waals surface area (Å²) in [4.78, 5) is 2.37. The van der Waals surface area contributed by atoms with Crippen LogP contribution in [0.2, 0.25) is 0 Å². The summed E-state index contributed by atoms with van der Waals surface area (Å²) in [5, 5.41) is 1.09. The molecule has 0 rings (SSSR count). The van der Waals surface area contributed by atoms with Crippen molar-refractivity contribution in [2.45, 2.75) is 26.7 Å². The second kappa shape index (κ2) is 7.11. The van der Waals surface area contributed by atoms with Crippen LogP contribution in [0.5, 0.6) is 0 Å². The lowest BCUT2D eigenvalue weighted by Gasteiger charge is -2.15. The van der Waals surface area contributed by atoms with E-state index in [0.29, 0.717) is 0 Å². The fraction of sp³-hybridized carbons (Fsp3) is 1.00. The highest BCUT2D eigenvalue weighted by Crippen LogP contribution is 2.03. The molecule has 0 aromatic heterocycles. The molecule has 0 fully saturated rings. The molecule has 0 bridgehead atoms. The molecule has 0 amide bonds. The fourth-order valence-electron chi connectivity index (χ4n) is 1.03. The molecule has 0 radical (unpaired) electrons. The normalized spacial score (nSPS) is 11.5. The summed E-state index contributed by atoms with van der Waals surface area (Å²) in [6.45, 7) is 6.97. The zero-order valence-electron chi connectivity index (χ0n) is 7.94. The minimum Gasteiger partial charge on any atom is -0.306 e. The van der Waals surface area contributed by atoms with Crippen molar-refractivity contribution in [3.05, 3.63) is 0 Å². The molecule has 0 unspecified atom stereocenters. The molecule has 68 valence electrons. The van der Waals surface area contributed by atoms with Crippen molar-refractivity contribution in [3.8, 4) is 0 Å². The Kier molecular flexibility index (Phi) is 7.39. The minimum atomic E-state index is 0.854. The second-order valence-electron chi connectivity index (χ2n) is 3.53. The van der Waals surface area contributed by atoms with E-state index >= 15 is 0 Å². The summed E-state index contributed by atoms with van der Waals surface area (Å²) in [6, 6.07) is 0. The lowest BCUT2D eigenvalue weighted by Crippen LogP contribution is -2.21. The summed E-state index contributed by atoms with van der Waals surface area (Å²) in [6.07, 6.45) is 2.69. The SMILES string of the molecule is CC(C)CCCN(C)CCBr. The van der Waals surface area contributed by atoms with E-state index in [-0.39, 0.29) is 0 Å². The average molecular weight is 222 g/mol. The van der Waals surface area contributed by atoms with Gasteiger partial charge in [0.2, 0.25) is 0 Å². The van der Waals surface area contributed by atoms with Crippen LogP contribution < -0.4 is 0 Å². The molecule has 0 aromatic rings. The summed E-state index contributed by atoms with van der Waals surface area (Å²) >= 11 is 3.43. The van der Waals surface area contributed by atoms with Gasteiger partial charge in [0.25, 0.3) is 0 Å². The molecule has 0 aliphatic carbocycles. The Balaban J connectivity index is 3.10. The Morgan fingerprint density at radius 3 is 2.36 bits per heavy atom. The van der Waals surface area contributed by atoms with Gasteiger partial charge in [-0.1, -0.05) is 29.8 Å². The first-order valence-corrected chi connectivity index (χ1v) is 5.53. The largest absolute Gasteiger partial charge is 0.306 e. The zero-order valence-corrected chi connectivity index (χ0v) is 9.52. The molecule has 0 aliphatic rings. The quantitative estimate of drug-likeness (QED) is 0.624. The predicted octanol–water partition coefficient (Wildman–Crippen LogP) is 2.75. The Bertz CT molecular complexity index is 83.6. The van der Waals surface area contributed by atoms with E-state index < -0.39 is 0 Å². The van der Waals surface area contributed by atoms with Crippen molar-refractivity contribution in [2.24, 2.45) is 5.92 Å². The van der Waals surface area contributed by atoms with Gasteiger partial charge in [-0.15, -0.1) is 0 Å². The maximum atomic E-state index is 3.43. The number of rotatable bonds is 6. The number of halogens is 1. The van der Waals surface area contributed by atoms with Gasteiger partial charge in [0.15, 0.2) is 0 Å². The molecular formula is C9H20BrN. The van der Waals surface area contributed by atoms with E-state index in [1.807, 2.05) is 0 Å². The zero-order chi connectivity index (χ0) is 8.69. The van der Waals surface area contributed by atoms with Gasteiger partial charge in [-0.25, -0.2) is 0 Å². The summed E-state index contributed by atoms with van der Waals surface area (Å²) in [7, 11) is 2.18. The van der Waals surface area contributed by atoms with E-state index in [0.717, 1.165) is 17.8 Å². The highest BCUT2D eigenvalue weighted by Gasteiger charge is 1.97. The number of nitrogens with zero attached hydrogens (tertiary/aromatic N) is 1. The van der Waals surface area contributed by atoms with Crippen molar-refractivity contribution in [1.29, 1.82) is 0 Å². The van der Waals surface area contributed by atoms with Gasteiger partial charge in [-0.2, -0.15) is 0 Å². The minimum absolute atomic E-state index is 0.854. The van der Waals surface area contributed by atoms with Gasteiger partial charge in [0, 0.05) is 11.9 Å². The van der Waals surface area contributed by atoms with E-state index in [1.54, 1.807) is 0 Å². The maximum Gasteiger partial charge on any atom is 0.0159 e. The van der Waals surface area contributed by atoms with Crippen LogP contribution in [0.4, 0.5) is 0 Å². The molecule has 0 saturated heterocycles. The topological polar surface area (TPSA) is 3.24 Å². The molecule has 1 nitrogen and oxygen atoms in total. The highest BCUT2D eigenvalue weighted by atomic mass is 79.9. The van der Waals surface area contributed by atoms with E-state index in [4.69, 9.17) is 0 Å². The van der Waals surface area contributed by atoms with Crippen LogP contribution in [0.3, 0.4) is 0 Å². The smallest absolute Gasteiger partial charge is 0.0159 e. The van der Waals surface area contributed by atoms with Gasteiger partial charge in [0.05, 0.1) is 0 Å². The molecule has 0 spiro atoms. The van der Waals surface area contributed by atoms with Gasteiger partial charge in [-0.05, 0) is 32.4 Å². The maximum absolute atomic E-state index is 3.43. The van der Waals surface area contributed by atoms with Crippen LogP contribution in [0, 0.1) is 5.92 Å². The highest BCUT2D eigenvalue weighted by molar-refractivity contribution is 9.09. The Labute approximate surface area is 79.3 Å². The Morgan fingerprint density at radius 1 is 1.27 bits per heavy atom. The molecular weight excluding hydrogens is 202 g/mol.